The van der Waals surface area contributed by atoms with Crippen LogP contribution in [-0.4, -0.2) is 28.3 Å². The van der Waals surface area contributed by atoms with Gasteiger partial charge >= 0.3 is 6.02 Å². The fourth-order valence-corrected chi connectivity index (χ4v) is 0.846. The lowest BCUT2D eigenvalue weighted by atomic mass is 10.5. The molecule has 5 nitrogen and oxygen atoms in total. The molecule has 10 heavy (non-hydrogen) atoms. The van der Waals surface area contributed by atoms with Gasteiger partial charge < -0.3 is 10.3 Å². The molecule has 6 heteroatoms. The highest BCUT2D eigenvalue weighted by molar-refractivity contribution is 7.77. The van der Waals surface area contributed by atoms with Crippen molar-refractivity contribution in [3.63, 3.8) is 0 Å². The van der Waals surface area contributed by atoms with E-state index in [9.17, 15) is 5.21 Å². The molecule has 0 aromatic rings. The topological polar surface area (TPSA) is 63.3 Å². The van der Waals surface area contributed by atoms with E-state index in [1.165, 1.54) is 4.31 Å². The average molecular weight is 163 g/mol. The van der Waals surface area contributed by atoms with Crippen LogP contribution < -0.4 is 5.06 Å². The maximum Gasteiger partial charge on any atom is 0.392 e. The minimum Gasteiger partial charge on any atom is -0.624 e. The van der Waals surface area contributed by atoms with Gasteiger partial charge in [0.05, 0.1) is 0 Å². The van der Waals surface area contributed by atoms with Crippen LogP contribution >= 0.6 is 12.8 Å². The first-order valence-corrected chi connectivity index (χ1v) is 3.26. The van der Waals surface area contributed by atoms with Crippen LogP contribution in [0.15, 0.2) is 4.99 Å². The zero-order valence-corrected chi connectivity index (χ0v) is 6.38. The van der Waals surface area contributed by atoms with Crippen LogP contribution in [0.3, 0.4) is 0 Å². The van der Waals surface area contributed by atoms with Crippen molar-refractivity contribution in [1.29, 1.82) is 0 Å². The molecular weight excluding hydrogens is 154 g/mol. The molecule has 1 heterocycles. The van der Waals surface area contributed by atoms with E-state index >= 15 is 0 Å². The Hall–Kier alpha value is -0.300. The Morgan fingerprint density at radius 3 is 3.10 bits per heavy atom. The molecule has 1 aliphatic rings. The molecule has 0 spiro atoms. The van der Waals surface area contributed by atoms with Crippen LogP contribution in [0.25, 0.3) is 0 Å². The first-order chi connectivity index (χ1) is 4.61. The molecule has 0 saturated heterocycles. The van der Waals surface area contributed by atoms with E-state index in [0.29, 0.717) is 0 Å². The molecule has 2 atom stereocenters. The molecule has 0 fully saturated rings. The number of thiol groups is 1. The van der Waals surface area contributed by atoms with Crippen LogP contribution in [0, 0.1) is 5.21 Å². The summed E-state index contributed by atoms with van der Waals surface area (Å²) in [7, 11) is 0. The summed E-state index contributed by atoms with van der Waals surface area (Å²) in [6.45, 7) is 1.87. The summed E-state index contributed by atoms with van der Waals surface area (Å²) in [5, 5.41) is 19.1. The number of aliphatic hydroxyl groups is 1. The number of aliphatic imine (C=N–C) groups is 1. The number of rotatable bonds is 0. The lowest BCUT2D eigenvalue weighted by molar-refractivity contribution is -0.773. The number of nitrogens with zero attached hydrogens (tertiary/aromatic N) is 2. The van der Waals surface area contributed by atoms with Gasteiger partial charge in [0.1, 0.15) is 6.17 Å². The molecule has 0 amide bonds. The highest BCUT2D eigenvalue weighted by Crippen LogP contribution is 2.02. The van der Waals surface area contributed by atoms with Gasteiger partial charge in [-0.05, 0) is 6.92 Å². The summed E-state index contributed by atoms with van der Waals surface area (Å²) in [6.07, 6.45) is -0.221. The summed E-state index contributed by atoms with van der Waals surface area (Å²) >= 11 is 3.95. The molecule has 0 saturated carbocycles. The van der Waals surface area contributed by atoms with E-state index in [2.05, 4.69) is 17.8 Å². The van der Waals surface area contributed by atoms with Crippen LogP contribution in [-0.2, 0) is 0 Å². The van der Waals surface area contributed by atoms with Crippen molar-refractivity contribution < 1.29 is 10.2 Å². The van der Waals surface area contributed by atoms with E-state index in [1.807, 2.05) is 0 Å². The molecule has 58 valence electrons. The van der Waals surface area contributed by atoms with Crippen molar-refractivity contribution in [2.75, 3.05) is 6.67 Å². The molecule has 1 aliphatic heterocycles. The van der Waals surface area contributed by atoms with Crippen molar-refractivity contribution in [1.82, 2.24) is 4.31 Å². The molecule has 1 rings (SSSR count). The molecule has 2 unspecified atom stereocenters. The van der Waals surface area contributed by atoms with Crippen molar-refractivity contribution in [3.8, 4) is 0 Å². The summed E-state index contributed by atoms with van der Waals surface area (Å²) in [5.41, 5.74) is 0. The number of hydrogen-bond donors (Lipinski definition) is 3. The first-order valence-electron chi connectivity index (χ1n) is 2.86. The smallest absolute Gasteiger partial charge is 0.392 e. The van der Waals surface area contributed by atoms with Gasteiger partial charge in [0.25, 0.3) is 0 Å². The predicted octanol–water partition coefficient (Wildman–Crippen LogP) is -1.25. The minimum absolute atomic E-state index is 0.125. The standard InChI is InChI=1S/C4H9N3O2S/c1-3-5-4(8)6(9)2-7(3)10/h3,6,10H,2H2,1H3,(H,5,8). The van der Waals surface area contributed by atoms with E-state index in [0.717, 1.165) is 0 Å². The van der Waals surface area contributed by atoms with E-state index in [4.69, 9.17) is 5.11 Å². The summed E-state index contributed by atoms with van der Waals surface area (Å²) < 4.78 is 1.46. The lowest BCUT2D eigenvalue weighted by Crippen LogP contribution is -3.12. The summed E-state index contributed by atoms with van der Waals surface area (Å²) in [6, 6.07) is -0.391. The minimum atomic E-state index is -0.391. The normalized spacial score (nSPS) is 35.7. The largest absolute Gasteiger partial charge is 0.624 e. The Morgan fingerprint density at radius 2 is 2.60 bits per heavy atom. The number of aliphatic hydroxyl groups excluding tert-OH is 1. The SMILES string of the molecule is CC1N=C(O)[NH+]([O-])CN1S. The molecule has 0 aliphatic carbocycles. The Bertz CT molecular complexity index is 163. The zero-order chi connectivity index (χ0) is 7.72. The molecular formula is C4H9N3O2S. The third-order valence-electron chi connectivity index (χ3n) is 1.30. The quantitative estimate of drug-likeness (QED) is 0.309. The van der Waals surface area contributed by atoms with E-state index in [-0.39, 0.29) is 17.9 Å². The van der Waals surface area contributed by atoms with E-state index in [1.54, 1.807) is 6.92 Å². The number of quaternary nitrogens is 1. The highest BCUT2D eigenvalue weighted by Gasteiger charge is 2.22. The second-order valence-electron chi connectivity index (χ2n) is 2.11. The van der Waals surface area contributed by atoms with Gasteiger partial charge in [0, 0.05) is 0 Å². The van der Waals surface area contributed by atoms with Gasteiger partial charge in [0.15, 0.2) is 6.67 Å². The Labute approximate surface area is 64.1 Å². The Kier molecular flexibility index (Phi) is 2.14. The fraction of sp³-hybridized carbons (Fsp3) is 0.750. The lowest BCUT2D eigenvalue weighted by Gasteiger charge is -2.30. The second kappa shape index (κ2) is 2.75. The fourth-order valence-electron chi connectivity index (χ4n) is 0.666. The van der Waals surface area contributed by atoms with Gasteiger partial charge in [-0.1, -0.05) is 12.8 Å². The molecule has 0 radical (unpaired) electrons. The number of nitrogens with one attached hydrogen (secondary N) is 1. The van der Waals surface area contributed by atoms with Gasteiger partial charge in [0.2, 0.25) is 0 Å². The van der Waals surface area contributed by atoms with Gasteiger partial charge in [-0.25, -0.2) is 0 Å². The zero-order valence-electron chi connectivity index (χ0n) is 5.48. The second-order valence-corrected chi connectivity index (χ2v) is 2.62. The molecule has 0 bridgehead atoms. The monoisotopic (exact) mass is 163 g/mol. The van der Waals surface area contributed by atoms with Crippen molar-refractivity contribution >= 4 is 18.8 Å². The van der Waals surface area contributed by atoms with Crippen molar-refractivity contribution in [2.24, 2.45) is 4.99 Å². The van der Waals surface area contributed by atoms with Gasteiger partial charge in [-0.3, -0.25) is 5.06 Å². The third-order valence-corrected chi connectivity index (χ3v) is 1.77. The Morgan fingerprint density at radius 1 is 2.00 bits per heavy atom. The number of amidine groups is 1. The molecule has 0 aromatic carbocycles. The number of hydrogen-bond acceptors (Lipinski definition) is 4. The van der Waals surface area contributed by atoms with Crippen LogP contribution in [0.1, 0.15) is 6.92 Å². The van der Waals surface area contributed by atoms with Gasteiger partial charge in [-0.15, -0.1) is 0 Å². The summed E-state index contributed by atoms with van der Waals surface area (Å²) in [5.74, 6) is 0. The number of hydroxylamine groups is 2. The first kappa shape index (κ1) is 7.80. The molecule has 0 aromatic heterocycles. The van der Waals surface area contributed by atoms with Crippen molar-refractivity contribution in [2.45, 2.75) is 13.1 Å². The Balaban J connectivity index is 2.69. The average Bonchev–Trinajstić information content (AvgIpc) is 1.84. The predicted molar refractivity (Wildman–Crippen MR) is 39.5 cm³/mol. The molecule has 2 N–H and O–H groups in total. The van der Waals surface area contributed by atoms with Crippen LogP contribution in [0.2, 0.25) is 0 Å². The van der Waals surface area contributed by atoms with Gasteiger partial charge in [-0.2, -0.15) is 9.30 Å². The maximum absolute atomic E-state index is 10.7. The van der Waals surface area contributed by atoms with Crippen LogP contribution in [0.5, 0.6) is 0 Å². The maximum atomic E-state index is 10.7. The van der Waals surface area contributed by atoms with E-state index < -0.39 is 6.02 Å². The highest BCUT2D eigenvalue weighted by atomic mass is 32.1. The van der Waals surface area contributed by atoms with Crippen molar-refractivity contribution in [3.05, 3.63) is 5.21 Å². The summed E-state index contributed by atoms with van der Waals surface area (Å²) in [4.78, 5) is 3.62. The van der Waals surface area contributed by atoms with Crippen LogP contribution in [0.4, 0.5) is 0 Å². The third kappa shape index (κ3) is 1.40.